The van der Waals surface area contributed by atoms with E-state index in [4.69, 9.17) is 9.47 Å². The van der Waals surface area contributed by atoms with E-state index in [2.05, 4.69) is 36.3 Å². The van der Waals surface area contributed by atoms with Gasteiger partial charge in [0.1, 0.15) is 11.5 Å². The number of rotatable bonds is 6. The predicted molar refractivity (Wildman–Crippen MR) is 109 cm³/mol. The average Bonchev–Trinajstić information content (AvgIpc) is 3.30. The SMILES string of the molecule is COc1ccc(OCC(=O)Nc2nnc(-c3cccs3)s2)c(C(C)(C)C)c1. The molecule has 2 aromatic heterocycles. The molecule has 0 aliphatic heterocycles. The molecule has 1 N–H and O–H groups in total. The molecule has 1 amide bonds. The molecule has 0 saturated heterocycles. The van der Waals surface area contributed by atoms with Crippen molar-refractivity contribution in [2.75, 3.05) is 19.0 Å². The zero-order valence-electron chi connectivity index (χ0n) is 15.6. The largest absolute Gasteiger partial charge is 0.497 e. The lowest BCUT2D eigenvalue weighted by Crippen LogP contribution is -2.22. The van der Waals surface area contributed by atoms with Crippen LogP contribution in [-0.4, -0.2) is 29.8 Å². The zero-order chi connectivity index (χ0) is 19.4. The predicted octanol–water partition coefficient (Wildman–Crippen LogP) is 4.59. The first-order chi connectivity index (χ1) is 12.9. The third-order valence-electron chi connectivity index (χ3n) is 3.76. The molecule has 27 heavy (non-hydrogen) atoms. The summed E-state index contributed by atoms with van der Waals surface area (Å²) < 4.78 is 11.1. The first-order valence-corrected chi connectivity index (χ1v) is 10.0. The van der Waals surface area contributed by atoms with Gasteiger partial charge in [0.25, 0.3) is 5.91 Å². The summed E-state index contributed by atoms with van der Waals surface area (Å²) in [6.07, 6.45) is 0. The van der Waals surface area contributed by atoms with Crippen LogP contribution in [0.25, 0.3) is 9.88 Å². The second-order valence-corrected chi connectivity index (χ2v) is 8.76. The van der Waals surface area contributed by atoms with Gasteiger partial charge in [-0.3, -0.25) is 10.1 Å². The summed E-state index contributed by atoms with van der Waals surface area (Å²) in [7, 11) is 1.63. The Balaban J connectivity index is 1.64. The zero-order valence-corrected chi connectivity index (χ0v) is 17.2. The number of aromatic nitrogens is 2. The second kappa shape index (κ2) is 8.06. The van der Waals surface area contributed by atoms with E-state index in [0.717, 1.165) is 21.2 Å². The van der Waals surface area contributed by atoms with Gasteiger partial charge in [0.2, 0.25) is 5.13 Å². The van der Waals surface area contributed by atoms with Crippen LogP contribution < -0.4 is 14.8 Å². The number of amides is 1. The quantitative estimate of drug-likeness (QED) is 0.652. The summed E-state index contributed by atoms with van der Waals surface area (Å²) in [4.78, 5) is 13.3. The molecule has 2 heterocycles. The fraction of sp³-hybridized carbons (Fsp3) is 0.316. The summed E-state index contributed by atoms with van der Waals surface area (Å²) >= 11 is 2.92. The molecule has 0 saturated carbocycles. The van der Waals surface area contributed by atoms with Crippen LogP contribution in [0, 0.1) is 0 Å². The Morgan fingerprint density at radius 1 is 1.22 bits per heavy atom. The third kappa shape index (κ3) is 4.84. The molecule has 3 rings (SSSR count). The van der Waals surface area contributed by atoms with Crippen LogP contribution in [0.5, 0.6) is 11.5 Å². The van der Waals surface area contributed by atoms with Crippen molar-refractivity contribution >= 4 is 33.7 Å². The van der Waals surface area contributed by atoms with Crippen LogP contribution in [-0.2, 0) is 10.2 Å². The number of hydrogen-bond donors (Lipinski definition) is 1. The second-order valence-electron chi connectivity index (χ2n) is 6.84. The van der Waals surface area contributed by atoms with Crippen molar-refractivity contribution in [2.45, 2.75) is 26.2 Å². The van der Waals surface area contributed by atoms with E-state index in [1.165, 1.54) is 11.3 Å². The van der Waals surface area contributed by atoms with Gasteiger partial charge in [-0.05, 0) is 35.1 Å². The standard InChI is InChI=1S/C19H21N3O3S2/c1-19(2,3)13-10-12(24-4)7-8-14(13)25-11-16(23)20-18-22-21-17(27-18)15-6-5-9-26-15/h5-10H,11H2,1-4H3,(H,20,22,23). The Kier molecular flexibility index (Phi) is 5.76. The number of benzene rings is 1. The highest BCUT2D eigenvalue weighted by molar-refractivity contribution is 7.23. The van der Waals surface area contributed by atoms with Crippen molar-refractivity contribution < 1.29 is 14.3 Å². The van der Waals surface area contributed by atoms with Crippen molar-refractivity contribution in [3.8, 4) is 21.4 Å². The summed E-state index contributed by atoms with van der Waals surface area (Å²) in [5.41, 5.74) is 0.834. The lowest BCUT2D eigenvalue weighted by Gasteiger charge is -2.23. The first kappa shape index (κ1) is 19.3. The molecular formula is C19H21N3O3S2. The van der Waals surface area contributed by atoms with Crippen LogP contribution in [0.1, 0.15) is 26.3 Å². The van der Waals surface area contributed by atoms with Gasteiger partial charge in [-0.1, -0.05) is 38.2 Å². The van der Waals surface area contributed by atoms with E-state index in [1.54, 1.807) is 18.4 Å². The molecule has 0 atom stereocenters. The Labute approximate surface area is 166 Å². The Hall–Kier alpha value is -2.45. The molecule has 6 nitrogen and oxygen atoms in total. The molecule has 3 aromatic rings. The number of anilines is 1. The summed E-state index contributed by atoms with van der Waals surface area (Å²) in [5, 5.41) is 14.1. The van der Waals surface area contributed by atoms with Gasteiger partial charge in [0.05, 0.1) is 12.0 Å². The van der Waals surface area contributed by atoms with Crippen LogP contribution in [0.3, 0.4) is 0 Å². The lowest BCUT2D eigenvalue weighted by atomic mass is 9.86. The summed E-state index contributed by atoms with van der Waals surface area (Å²) in [6, 6.07) is 9.51. The topological polar surface area (TPSA) is 73.3 Å². The normalized spacial score (nSPS) is 11.3. The van der Waals surface area contributed by atoms with Gasteiger partial charge in [0, 0.05) is 5.56 Å². The lowest BCUT2D eigenvalue weighted by molar-refractivity contribution is -0.118. The molecular weight excluding hydrogens is 382 g/mol. The van der Waals surface area contributed by atoms with E-state index < -0.39 is 0 Å². The molecule has 0 bridgehead atoms. The monoisotopic (exact) mass is 403 g/mol. The number of methoxy groups -OCH3 is 1. The van der Waals surface area contributed by atoms with E-state index in [-0.39, 0.29) is 17.9 Å². The molecule has 0 aliphatic rings. The summed E-state index contributed by atoms with van der Waals surface area (Å²) in [5.74, 6) is 1.14. The number of nitrogens with zero attached hydrogens (tertiary/aromatic N) is 2. The molecule has 0 spiro atoms. The maximum atomic E-state index is 12.2. The maximum absolute atomic E-state index is 12.2. The van der Waals surface area contributed by atoms with Gasteiger partial charge in [-0.25, -0.2) is 0 Å². The highest BCUT2D eigenvalue weighted by atomic mass is 32.1. The van der Waals surface area contributed by atoms with Crippen molar-refractivity contribution in [3.63, 3.8) is 0 Å². The van der Waals surface area contributed by atoms with Crippen LogP contribution in [0.15, 0.2) is 35.7 Å². The van der Waals surface area contributed by atoms with E-state index in [0.29, 0.717) is 10.9 Å². The number of carbonyl (C=O) groups excluding carboxylic acids is 1. The van der Waals surface area contributed by atoms with Crippen molar-refractivity contribution in [1.29, 1.82) is 0 Å². The highest BCUT2D eigenvalue weighted by Crippen LogP contribution is 2.34. The van der Waals surface area contributed by atoms with Gasteiger partial charge in [-0.2, -0.15) is 0 Å². The van der Waals surface area contributed by atoms with Crippen LogP contribution >= 0.6 is 22.7 Å². The number of nitrogens with one attached hydrogen (secondary N) is 1. The number of thiophene rings is 1. The van der Waals surface area contributed by atoms with Crippen molar-refractivity contribution in [2.24, 2.45) is 0 Å². The Bertz CT molecular complexity index is 915. The minimum Gasteiger partial charge on any atom is -0.497 e. The van der Waals surface area contributed by atoms with Crippen LogP contribution in [0.4, 0.5) is 5.13 Å². The van der Waals surface area contributed by atoms with Crippen molar-refractivity contribution in [1.82, 2.24) is 10.2 Å². The number of ether oxygens (including phenoxy) is 2. The van der Waals surface area contributed by atoms with E-state index in [9.17, 15) is 4.79 Å². The average molecular weight is 404 g/mol. The molecule has 8 heteroatoms. The van der Waals surface area contributed by atoms with Gasteiger partial charge in [0.15, 0.2) is 11.6 Å². The van der Waals surface area contributed by atoms with E-state index in [1.807, 2.05) is 35.7 Å². The number of hydrogen-bond acceptors (Lipinski definition) is 7. The maximum Gasteiger partial charge on any atom is 0.264 e. The van der Waals surface area contributed by atoms with Crippen molar-refractivity contribution in [3.05, 3.63) is 41.3 Å². The highest BCUT2D eigenvalue weighted by Gasteiger charge is 2.21. The van der Waals surface area contributed by atoms with E-state index >= 15 is 0 Å². The summed E-state index contributed by atoms with van der Waals surface area (Å²) in [6.45, 7) is 6.15. The first-order valence-electron chi connectivity index (χ1n) is 8.35. The fourth-order valence-electron chi connectivity index (χ4n) is 2.42. The fourth-order valence-corrected chi connectivity index (χ4v) is 3.97. The molecule has 0 fully saturated rings. The van der Waals surface area contributed by atoms with Gasteiger partial charge >= 0.3 is 0 Å². The minimum atomic E-state index is -0.278. The van der Waals surface area contributed by atoms with Gasteiger partial charge < -0.3 is 9.47 Å². The molecule has 0 unspecified atom stereocenters. The third-order valence-corrected chi connectivity index (χ3v) is 5.63. The van der Waals surface area contributed by atoms with Gasteiger partial charge in [-0.15, -0.1) is 21.5 Å². The smallest absolute Gasteiger partial charge is 0.264 e. The molecule has 0 aliphatic carbocycles. The molecule has 1 aromatic carbocycles. The van der Waals surface area contributed by atoms with Crippen LogP contribution in [0.2, 0.25) is 0 Å². The Morgan fingerprint density at radius 3 is 2.70 bits per heavy atom. The molecule has 0 radical (unpaired) electrons. The number of carbonyl (C=O) groups is 1. The Morgan fingerprint density at radius 2 is 2.04 bits per heavy atom. The minimum absolute atomic E-state index is 0.108. The molecule has 142 valence electrons.